The maximum absolute atomic E-state index is 13.2. The van der Waals surface area contributed by atoms with Crippen LogP contribution in [0.3, 0.4) is 0 Å². The Kier molecular flexibility index (Phi) is 8.55. The summed E-state index contributed by atoms with van der Waals surface area (Å²) >= 11 is 0. The molecule has 0 unspecified atom stereocenters. The normalized spacial score (nSPS) is 19.7. The van der Waals surface area contributed by atoms with Gasteiger partial charge < -0.3 is 20.3 Å². The Morgan fingerprint density at radius 3 is 2.59 bits per heavy atom. The maximum Gasteiger partial charge on any atom is 0.338 e. The molecule has 0 aliphatic carbocycles. The summed E-state index contributed by atoms with van der Waals surface area (Å²) in [7, 11) is 1.68. The van der Waals surface area contributed by atoms with Crippen LogP contribution in [0, 0.1) is 6.92 Å². The van der Waals surface area contributed by atoms with E-state index in [1.54, 1.807) is 14.0 Å². The summed E-state index contributed by atoms with van der Waals surface area (Å²) in [5.41, 5.74) is 2.95. The third-order valence-electron chi connectivity index (χ3n) is 6.23. The molecule has 3 rings (SSSR count). The zero-order chi connectivity index (χ0) is 24.8. The van der Waals surface area contributed by atoms with Crippen LogP contribution < -0.4 is 10.6 Å². The van der Waals surface area contributed by atoms with Gasteiger partial charge in [-0.3, -0.25) is 9.80 Å². The van der Waals surface area contributed by atoms with E-state index in [4.69, 9.17) is 4.74 Å². The number of nitrogens with zero attached hydrogens (tertiary/aromatic N) is 3. The number of carbonyl (C=O) groups is 3. The zero-order valence-electron chi connectivity index (χ0n) is 20.9. The number of hydrogen-bond donors (Lipinski definition) is 2. The Hall–Kier alpha value is -3.07. The van der Waals surface area contributed by atoms with Gasteiger partial charge in [0.15, 0.2) is 0 Å². The summed E-state index contributed by atoms with van der Waals surface area (Å²) in [6.45, 7) is 11.0. The van der Waals surface area contributed by atoms with Crippen LogP contribution in [-0.2, 0) is 9.53 Å². The Bertz CT molecular complexity index is 945. The van der Waals surface area contributed by atoms with Gasteiger partial charge in [-0.15, -0.1) is 0 Å². The van der Waals surface area contributed by atoms with Crippen molar-refractivity contribution in [1.82, 2.24) is 25.3 Å². The molecule has 0 aromatic heterocycles. The minimum atomic E-state index is -0.584. The minimum absolute atomic E-state index is 0.0583. The average molecular weight is 472 g/mol. The molecular formula is C25H37N5O4. The summed E-state index contributed by atoms with van der Waals surface area (Å²) in [6, 6.07) is 6.91. The molecule has 1 atom stereocenters. The van der Waals surface area contributed by atoms with Gasteiger partial charge in [-0.1, -0.05) is 24.3 Å². The summed E-state index contributed by atoms with van der Waals surface area (Å²) in [4.78, 5) is 44.1. The standard InChI is InChI=1S/C25H37N5O4/c1-6-34-23(31)21-20(16-29-12-9-13-30(15-14-29)25(33)26-17(2)3)28(5)24(32)27-22(21)19-11-8-7-10-18(19)4/h7-8,10-11,17,22H,6,9,12-16H2,1-5H3,(H,26,33)(H,27,32)/t22-/m0/s1. The summed E-state index contributed by atoms with van der Waals surface area (Å²) in [6.07, 6.45) is 0.810. The third-order valence-corrected chi connectivity index (χ3v) is 6.23. The predicted molar refractivity (Wildman–Crippen MR) is 130 cm³/mol. The topological polar surface area (TPSA) is 94.2 Å². The fourth-order valence-electron chi connectivity index (χ4n) is 4.42. The van der Waals surface area contributed by atoms with Crippen molar-refractivity contribution >= 4 is 18.0 Å². The molecule has 0 bridgehead atoms. The molecule has 186 valence electrons. The van der Waals surface area contributed by atoms with E-state index in [2.05, 4.69) is 15.5 Å². The highest BCUT2D eigenvalue weighted by atomic mass is 16.5. The van der Waals surface area contributed by atoms with Gasteiger partial charge in [0.05, 0.1) is 18.2 Å². The van der Waals surface area contributed by atoms with Gasteiger partial charge >= 0.3 is 18.0 Å². The lowest BCUT2D eigenvalue weighted by molar-refractivity contribution is -0.139. The first kappa shape index (κ1) is 25.6. The van der Waals surface area contributed by atoms with E-state index in [1.807, 2.05) is 49.9 Å². The number of aryl methyl sites for hydroxylation is 1. The van der Waals surface area contributed by atoms with Gasteiger partial charge in [-0.05, 0) is 45.2 Å². The average Bonchev–Trinajstić information content (AvgIpc) is 3.02. The van der Waals surface area contributed by atoms with Crippen LogP contribution in [0.25, 0.3) is 0 Å². The van der Waals surface area contributed by atoms with Crippen LogP contribution in [0.5, 0.6) is 0 Å². The number of carbonyl (C=O) groups excluding carboxylic acids is 3. The van der Waals surface area contributed by atoms with E-state index in [1.165, 1.54) is 4.90 Å². The van der Waals surface area contributed by atoms with Crippen molar-refractivity contribution in [3.05, 3.63) is 46.7 Å². The molecule has 0 spiro atoms. The molecule has 1 fully saturated rings. The fourth-order valence-corrected chi connectivity index (χ4v) is 4.42. The molecule has 4 amide bonds. The summed E-state index contributed by atoms with van der Waals surface area (Å²) in [5, 5.41) is 5.93. The molecule has 0 saturated carbocycles. The fraction of sp³-hybridized carbons (Fsp3) is 0.560. The Labute approximate surface area is 202 Å². The molecule has 34 heavy (non-hydrogen) atoms. The van der Waals surface area contributed by atoms with E-state index < -0.39 is 12.0 Å². The number of esters is 1. The van der Waals surface area contributed by atoms with Gasteiger partial charge in [0.25, 0.3) is 0 Å². The van der Waals surface area contributed by atoms with Gasteiger partial charge in [0.1, 0.15) is 0 Å². The predicted octanol–water partition coefficient (Wildman–Crippen LogP) is 2.63. The lowest BCUT2D eigenvalue weighted by Gasteiger charge is -2.37. The quantitative estimate of drug-likeness (QED) is 0.622. The molecule has 2 N–H and O–H groups in total. The first-order valence-corrected chi connectivity index (χ1v) is 12.0. The lowest BCUT2D eigenvalue weighted by atomic mass is 9.91. The minimum Gasteiger partial charge on any atom is -0.463 e. The molecule has 0 radical (unpaired) electrons. The Morgan fingerprint density at radius 2 is 1.91 bits per heavy atom. The Morgan fingerprint density at radius 1 is 1.18 bits per heavy atom. The second-order valence-corrected chi connectivity index (χ2v) is 9.10. The van der Waals surface area contributed by atoms with Crippen LogP contribution in [0.4, 0.5) is 9.59 Å². The van der Waals surface area contributed by atoms with Crippen molar-refractivity contribution in [2.45, 2.75) is 46.2 Å². The highest BCUT2D eigenvalue weighted by molar-refractivity contribution is 5.95. The maximum atomic E-state index is 13.2. The van der Waals surface area contributed by atoms with Crippen molar-refractivity contribution in [2.75, 3.05) is 46.4 Å². The molecule has 2 aliphatic heterocycles. The number of urea groups is 2. The first-order valence-electron chi connectivity index (χ1n) is 12.0. The van der Waals surface area contributed by atoms with Crippen LogP contribution in [0.2, 0.25) is 0 Å². The van der Waals surface area contributed by atoms with Gasteiger partial charge in [-0.2, -0.15) is 0 Å². The number of rotatable bonds is 6. The summed E-state index contributed by atoms with van der Waals surface area (Å²) < 4.78 is 5.43. The largest absolute Gasteiger partial charge is 0.463 e. The number of amides is 4. The van der Waals surface area contributed by atoms with Gasteiger partial charge in [0, 0.05) is 51.5 Å². The van der Waals surface area contributed by atoms with Crippen molar-refractivity contribution in [2.24, 2.45) is 0 Å². The molecule has 9 heteroatoms. The molecular weight excluding hydrogens is 434 g/mol. The third kappa shape index (κ3) is 5.88. The van der Waals surface area contributed by atoms with E-state index in [0.29, 0.717) is 37.4 Å². The van der Waals surface area contributed by atoms with Crippen molar-refractivity contribution < 1.29 is 19.1 Å². The molecule has 1 saturated heterocycles. The smallest absolute Gasteiger partial charge is 0.338 e. The van der Waals surface area contributed by atoms with Gasteiger partial charge in [0.2, 0.25) is 0 Å². The van der Waals surface area contributed by atoms with Gasteiger partial charge in [-0.25, -0.2) is 14.4 Å². The van der Waals surface area contributed by atoms with E-state index in [9.17, 15) is 14.4 Å². The van der Waals surface area contributed by atoms with Crippen molar-refractivity contribution in [3.8, 4) is 0 Å². The van der Waals surface area contributed by atoms with Crippen LogP contribution in [-0.4, -0.2) is 85.2 Å². The lowest BCUT2D eigenvalue weighted by Crippen LogP contribution is -2.50. The monoisotopic (exact) mass is 471 g/mol. The number of benzene rings is 1. The SMILES string of the molecule is CCOC(=O)C1=C(CN2CCCN(C(=O)NC(C)C)CC2)N(C)C(=O)N[C@H]1c1ccccc1C. The summed E-state index contributed by atoms with van der Waals surface area (Å²) in [5.74, 6) is -0.426. The highest BCUT2D eigenvalue weighted by Gasteiger charge is 2.38. The second kappa shape index (κ2) is 11.4. The number of nitrogens with one attached hydrogen (secondary N) is 2. The number of likely N-dealkylation sites (N-methyl/N-ethyl adjacent to an activating group) is 1. The molecule has 9 nitrogen and oxygen atoms in total. The van der Waals surface area contributed by atoms with Crippen molar-refractivity contribution in [3.63, 3.8) is 0 Å². The Balaban J connectivity index is 1.91. The van der Waals surface area contributed by atoms with E-state index in [0.717, 1.165) is 24.1 Å². The van der Waals surface area contributed by atoms with Crippen LogP contribution in [0.1, 0.15) is 44.4 Å². The van der Waals surface area contributed by atoms with Crippen molar-refractivity contribution in [1.29, 1.82) is 0 Å². The molecule has 2 aliphatic rings. The number of ether oxygens (including phenoxy) is 1. The van der Waals surface area contributed by atoms with Crippen LogP contribution >= 0.6 is 0 Å². The first-order chi connectivity index (χ1) is 16.2. The van der Waals surface area contributed by atoms with Crippen LogP contribution in [0.15, 0.2) is 35.5 Å². The molecule has 1 aromatic rings. The highest BCUT2D eigenvalue weighted by Crippen LogP contribution is 2.33. The molecule has 2 heterocycles. The number of hydrogen-bond acceptors (Lipinski definition) is 5. The zero-order valence-corrected chi connectivity index (χ0v) is 20.9. The van der Waals surface area contributed by atoms with E-state index >= 15 is 0 Å². The van der Waals surface area contributed by atoms with E-state index in [-0.39, 0.29) is 24.7 Å². The molecule has 1 aromatic carbocycles. The second-order valence-electron chi connectivity index (χ2n) is 9.10.